The predicted octanol–water partition coefficient (Wildman–Crippen LogP) is 2.54. The highest BCUT2D eigenvalue weighted by Crippen LogP contribution is 2.31. The number of carbonyl (C=O) groups is 2. The van der Waals surface area contributed by atoms with Crippen LogP contribution in [0.15, 0.2) is 54.6 Å². The first-order valence-electron chi connectivity index (χ1n) is 11.6. The minimum absolute atomic E-state index is 0.0529. The maximum Gasteiger partial charge on any atom is 0.267 e. The topological polar surface area (TPSA) is 76.9 Å². The Bertz CT molecular complexity index is 1200. The van der Waals surface area contributed by atoms with Gasteiger partial charge >= 0.3 is 0 Å². The van der Waals surface area contributed by atoms with Crippen LogP contribution >= 0.6 is 0 Å². The van der Waals surface area contributed by atoms with Crippen LogP contribution in [0.1, 0.15) is 17.0 Å². The van der Waals surface area contributed by atoms with Crippen LogP contribution in [0.3, 0.4) is 0 Å². The molecule has 2 aromatic carbocycles. The quantitative estimate of drug-likeness (QED) is 0.598. The van der Waals surface area contributed by atoms with Gasteiger partial charge in [-0.15, -0.1) is 0 Å². The van der Waals surface area contributed by atoms with Crippen molar-refractivity contribution in [2.24, 2.45) is 0 Å². The van der Waals surface area contributed by atoms with Gasteiger partial charge in [-0.25, -0.2) is 4.68 Å². The first-order valence-corrected chi connectivity index (χ1v) is 11.6. The third-order valence-electron chi connectivity index (χ3n) is 6.50. The van der Waals surface area contributed by atoms with Gasteiger partial charge in [-0.1, -0.05) is 30.3 Å². The number of amides is 2. The minimum Gasteiger partial charge on any atom is -0.485 e. The average Bonchev–Trinajstić information content (AvgIpc) is 3.17. The van der Waals surface area contributed by atoms with Gasteiger partial charge in [-0.2, -0.15) is 5.10 Å². The van der Waals surface area contributed by atoms with Crippen molar-refractivity contribution in [2.75, 3.05) is 32.8 Å². The summed E-state index contributed by atoms with van der Waals surface area (Å²) in [6.45, 7) is 6.09. The zero-order valence-corrected chi connectivity index (χ0v) is 19.4. The molecule has 8 nitrogen and oxygen atoms in total. The molecule has 0 aliphatic carbocycles. The average molecular weight is 461 g/mol. The Morgan fingerprint density at radius 1 is 0.912 bits per heavy atom. The molecule has 2 aliphatic heterocycles. The molecule has 0 unspecified atom stereocenters. The molecule has 2 amide bonds. The maximum atomic E-state index is 13.1. The lowest BCUT2D eigenvalue weighted by Crippen LogP contribution is -2.55. The van der Waals surface area contributed by atoms with Crippen LogP contribution in [0, 0.1) is 13.8 Å². The third kappa shape index (κ3) is 4.23. The molecule has 8 heteroatoms. The highest BCUT2D eigenvalue weighted by molar-refractivity contribution is 5.83. The number of aryl methyl sites for hydroxylation is 1. The molecule has 3 aromatic rings. The van der Waals surface area contributed by atoms with Gasteiger partial charge in [-0.05, 0) is 38.1 Å². The molecule has 5 rings (SSSR count). The number of ether oxygens (including phenoxy) is 2. The number of hydrogen-bond donors (Lipinski definition) is 0. The van der Waals surface area contributed by atoms with Crippen molar-refractivity contribution in [2.45, 2.75) is 26.4 Å². The Hall–Kier alpha value is -3.81. The third-order valence-corrected chi connectivity index (χ3v) is 6.50. The molecule has 1 fully saturated rings. The van der Waals surface area contributed by atoms with Crippen molar-refractivity contribution in [1.82, 2.24) is 19.6 Å². The Labute approximate surface area is 198 Å². The number of fused-ring (bicyclic) bond motifs is 1. The normalized spacial score (nSPS) is 17.5. The van der Waals surface area contributed by atoms with E-state index in [1.807, 2.05) is 72.0 Å². The number of benzene rings is 2. The van der Waals surface area contributed by atoms with Crippen LogP contribution in [0.5, 0.6) is 11.5 Å². The second-order valence-electron chi connectivity index (χ2n) is 8.64. The van der Waals surface area contributed by atoms with Crippen molar-refractivity contribution in [1.29, 1.82) is 0 Å². The summed E-state index contributed by atoms with van der Waals surface area (Å²) in [6, 6.07) is 17.3. The molecular weight excluding hydrogens is 432 g/mol. The molecule has 3 heterocycles. The summed E-state index contributed by atoms with van der Waals surface area (Å²) in [5.41, 5.74) is 3.77. The van der Waals surface area contributed by atoms with Crippen LogP contribution in [0.25, 0.3) is 5.69 Å². The van der Waals surface area contributed by atoms with Gasteiger partial charge in [0.1, 0.15) is 6.61 Å². The van der Waals surface area contributed by atoms with E-state index in [-0.39, 0.29) is 18.4 Å². The van der Waals surface area contributed by atoms with Gasteiger partial charge in [0.2, 0.25) is 12.0 Å². The van der Waals surface area contributed by atoms with Crippen molar-refractivity contribution in [3.05, 3.63) is 71.5 Å². The number of carbonyl (C=O) groups excluding carboxylic acids is 2. The van der Waals surface area contributed by atoms with Gasteiger partial charge in [0.15, 0.2) is 11.5 Å². The number of aromatic nitrogens is 2. The Kier molecular flexibility index (Phi) is 5.96. The van der Waals surface area contributed by atoms with Crippen molar-refractivity contribution < 1.29 is 19.1 Å². The summed E-state index contributed by atoms with van der Waals surface area (Å²) in [4.78, 5) is 29.6. The molecule has 176 valence electrons. The zero-order chi connectivity index (χ0) is 23.7. The highest BCUT2D eigenvalue weighted by atomic mass is 16.6. The Balaban J connectivity index is 1.18. The number of rotatable bonds is 4. The van der Waals surface area contributed by atoms with Crippen LogP contribution in [0.4, 0.5) is 0 Å². The SMILES string of the molecule is Cc1nn(-c2ccccc2)c(C)c1CC(=O)N1CCN(C(=O)[C@H]2COc3ccccc3O2)CC1. The first-order chi connectivity index (χ1) is 16.5. The fourth-order valence-corrected chi connectivity index (χ4v) is 4.54. The second kappa shape index (κ2) is 9.21. The van der Waals surface area contributed by atoms with E-state index in [2.05, 4.69) is 5.10 Å². The summed E-state index contributed by atoms with van der Waals surface area (Å²) >= 11 is 0. The number of hydrogen-bond acceptors (Lipinski definition) is 5. The zero-order valence-electron chi connectivity index (χ0n) is 19.4. The monoisotopic (exact) mass is 460 g/mol. The maximum absolute atomic E-state index is 13.1. The lowest BCUT2D eigenvalue weighted by atomic mass is 10.1. The lowest BCUT2D eigenvalue weighted by Gasteiger charge is -2.37. The highest BCUT2D eigenvalue weighted by Gasteiger charge is 2.33. The van der Waals surface area contributed by atoms with Crippen LogP contribution < -0.4 is 9.47 Å². The van der Waals surface area contributed by atoms with E-state index in [1.54, 1.807) is 11.0 Å². The molecule has 0 spiro atoms. The standard InChI is InChI=1S/C26H28N4O4/c1-18-21(19(2)30(27-18)20-8-4-3-5-9-20)16-25(31)28-12-14-29(15-13-28)26(32)24-17-33-22-10-6-7-11-23(22)34-24/h3-11,24H,12-17H2,1-2H3/t24-/m1/s1. The van der Waals surface area contributed by atoms with E-state index in [9.17, 15) is 9.59 Å². The molecule has 1 atom stereocenters. The summed E-state index contributed by atoms with van der Waals surface area (Å²) in [6.07, 6.45) is -0.360. The van der Waals surface area contributed by atoms with Crippen molar-refractivity contribution >= 4 is 11.8 Å². The van der Waals surface area contributed by atoms with E-state index in [4.69, 9.17) is 9.47 Å². The molecule has 1 saturated heterocycles. The molecule has 1 aromatic heterocycles. The van der Waals surface area contributed by atoms with Gasteiger partial charge in [0.05, 0.1) is 17.8 Å². The van der Waals surface area contributed by atoms with E-state index >= 15 is 0 Å². The summed E-state index contributed by atoms with van der Waals surface area (Å²) < 4.78 is 13.4. The number of piperazine rings is 1. The van der Waals surface area contributed by atoms with Gasteiger partial charge < -0.3 is 19.3 Å². The number of para-hydroxylation sites is 3. The summed E-state index contributed by atoms with van der Waals surface area (Å²) in [7, 11) is 0. The molecule has 0 N–H and O–H groups in total. The number of nitrogens with zero attached hydrogens (tertiary/aromatic N) is 4. The molecule has 0 radical (unpaired) electrons. The van der Waals surface area contributed by atoms with Crippen LogP contribution in [0.2, 0.25) is 0 Å². The first kappa shape index (κ1) is 22.0. The minimum atomic E-state index is -0.661. The van der Waals surface area contributed by atoms with Crippen LogP contribution in [-0.4, -0.2) is 70.3 Å². The summed E-state index contributed by atoms with van der Waals surface area (Å²) in [5.74, 6) is 1.19. The fraction of sp³-hybridized carbons (Fsp3) is 0.346. The molecule has 2 aliphatic rings. The van der Waals surface area contributed by atoms with E-state index in [1.165, 1.54) is 0 Å². The molecular formula is C26H28N4O4. The van der Waals surface area contributed by atoms with Crippen molar-refractivity contribution in [3.8, 4) is 17.2 Å². The smallest absolute Gasteiger partial charge is 0.267 e. The fourth-order valence-electron chi connectivity index (χ4n) is 4.54. The summed E-state index contributed by atoms with van der Waals surface area (Å²) in [5, 5.41) is 4.65. The predicted molar refractivity (Wildman–Crippen MR) is 126 cm³/mol. The Morgan fingerprint density at radius 3 is 2.29 bits per heavy atom. The van der Waals surface area contributed by atoms with Gasteiger partial charge in [0.25, 0.3) is 5.91 Å². The molecule has 34 heavy (non-hydrogen) atoms. The van der Waals surface area contributed by atoms with E-state index < -0.39 is 6.10 Å². The van der Waals surface area contributed by atoms with E-state index in [0.717, 1.165) is 22.6 Å². The van der Waals surface area contributed by atoms with Gasteiger partial charge in [0, 0.05) is 37.4 Å². The largest absolute Gasteiger partial charge is 0.485 e. The second-order valence-corrected chi connectivity index (χ2v) is 8.64. The Morgan fingerprint density at radius 2 is 1.56 bits per heavy atom. The van der Waals surface area contributed by atoms with E-state index in [0.29, 0.717) is 44.1 Å². The van der Waals surface area contributed by atoms with Gasteiger partial charge in [-0.3, -0.25) is 9.59 Å². The molecule has 0 bridgehead atoms. The lowest BCUT2D eigenvalue weighted by molar-refractivity contribution is -0.146. The van der Waals surface area contributed by atoms with Crippen LogP contribution in [-0.2, 0) is 16.0 Å². The van der Waals surface area contributed by atoms with Crippen molar-refractivity contribution in [3.63, 3.8) is 0 Å². The molecule has 0 saturated carbocycles.